The molecule has 0 heterocycles. The summed E-state index contributed by atoms with van der Waals surface area (Å²) in [5, 5.41) is 7.60. The Kier molecular flexibility index (Phi) is 6.84. The number of hydrogen-bond acceptors (Lipinski definition) is 5. The molecule has 1 amide bonds. The normalized spacial score (nSPS) is 12.1. The summed E-state index contributed by atoms with van der Waals surface area (Å²) < 4.78 is 27.8. The smallest absolute Gasteiger partial charge is 0.311 e. The van der Waals surface area contributed by atoms with Crippen LogP contribution >= 0.6 is 0 Å². The first-order chi connectivity index (χ1) is 14.7. The first kappa shape index (κ1) is 22.2. The highest BCUT2D eigenvalue weighted by molar-refractivity contribution is 7.89. The molecule has 31 heavy (non-hydrogen) atoms. The fourth-order valence-corrected chi connectivity index (χ4v) is 3.39. The second-order valence-corrected chi connectivity index (χ2v) is 8.49. The number of carbonyl (C=O) groups is 2. The van der Waals surface area contributed by atoms with Crippen molar-refractivity contribution in [1.29, 1.82) is 0 Å². The van der Waals surface area contributed by atoms with Crippen LogP contribution in [0.15, 0.2) is 83.8 Å². The van der Waals surface area contributed by atoms with Gasteiger partial charge in [-0.05, 0) is 47.9 Å². The quantitative estimate of drug-likeness (QED) is 0.550. The molecule has 0 saturated heterocycles. The van der Waals surface area contributed by atoms with Crippen molar-refractivity contribution < 1.29 is 22.7 Å². The van der Waals surface area contributed by atoms with Crippen LogP contribution in [0.5, 0.6) is 0 Å². The SMILES string of the molecule is CC(OC(=O)Cc1ccc(-c2ccccc2)cc1)C(=O)Nc1ccc(S(N)(=O)=O)cc1. The van der Waals surface area contributed by atoms with Gasteiger partial charge in [-0.1, -0.05) is 54.6 Å². The van der Waals surface area contributed by atoms with Gasteiger partial charge in [0.05, 0.1) is 11.3 Å². The largest absolute Gasteiger partial charge is 0.452 e. The third kappa shape index (κ3) is 6.24. The number of hydrogen-bond donors (Lipinski definition) is 2. The minimum atomic E-state index is -3.81. The maximum absolute atomic E-state index is 12.3. The third-order valence-electron chi connectivity index (χ3n) is 4.54. The Labute approximate surface area is 180 Å². The van der Waals surface area contributed by atoms with E-state index in [2.05, 4.69) is 5.32 Å². The number of nitrogens with one attached hydrogen (secondary N) is 1. The Morgan fingerprint density at radius 1 is 0.903 bits per heavy atom. The number of primary sulfonamides is 1. The van der Waals surface area contributed by atoms with Crippen LogP contribution in [0.2, 0.25) is 0 Å². The van der Waals surface area contributed by atoms with E-state index in [0.29, 0.717) is 5.69 Å². The summed E-state index contributed by atoms with van der Waals surface area (Å²) in [6.45, 7) is 1.46. The van der Waals surface area contributed by atoms with Gasteiger partial charge in [-0.15, -0.1) is 0 Å². The lowest BCUT2D eigenvalue weighted by atomic mass is 10.0. The molecule has 1 atom stereocenters. The summed E-state index contributed by atoms with van der Waals surface area (Å²) in [6, 6.07) is 22.8. The van der Waals surface area contributed by atoms with Gasteiger partial charge in [0.2, 0.25) is 10.0 Å². The van der Waals surface area contributed by atoms with Crippen LogP contribution in [0.25, 0.3) is 11.1 Å². The van der Waals surface area contributed by atoms with Gasteiger partial charge in [-0.2, -0.15) is 0 Å². The van der Waals surface area contributed by atoms with Crippen LogP contribution in [-0.4, -0.2) is 26.4 Å². The zero-order valence-corrected chi connectivity index (χ0v) is 17.6. The van der Waals surface area contributed by atoms with Crippen molar-refractivity contribution in [2.24, 2.45) is 5.14 Å². The predicted octanol–water partition coefficient (Wildman–Crippen LogP) is 3.11. The van der Waals surface area contributed by atoms with Crippen molar-refractivity contribution >= 4 is 27.6 Å². The zero-order valence-electron chi connectivity index (χ0n) is 16.8. The molecule has 3 N–H and O–H groups in total. The standard InChI is InChI=1S/C23H22N2O5S/c1-16(23(27)25-20-11-13-21(14-12-20)31(24,28)29)30-22(26)15-17-7-9-19(10-8-17)18-5-3-2-4-6-18/h2-14,16H,15H2,1H3,(H,25,27)(H2,24,28,29). The molecule has 8 heteroatoms. The summed E-state index contributed by atoms with van der Waals surface area (Å²) in [6.07, 6.45) is -0.982. The molecule has 0 aromatic heterocycles. The summed E-state index contributed by atoms with van der Waals surface area (Å²) in [5.74, 6) is -1.06. The molecule has 0 spiro atoms. The van der Waals surface area contributed by atoms with E-state index in [-0.39, 0.29) is 11.3 Å². The van der Waals surface area contributed by atoms with Crippen LogP contribution in [0.4, 0.5) is 5.69 Å². The number of sulfonamides is 1. The summed E-state index contributed by atoms with van der Waals surface area (Å²) >= 11 is 0. The highest BCUT2D eigenvalue weighted by Crippen LogP contribution is 2.19. The van der Waals surface area contributed by atoms with Gasteiger partial charge in [0.1, 0.15) is 0 Å². The van der Waals surface area contributed by atoms with Gasteiger partial charge in [0, 0.05) is 5.69 Å². The average Bonchev–Trinajstić information content (AvgIpc) is 2.74. The van der Waals surface area contributed by atoms with E-state index in [9.17, 15) is 18.0 Å². The monoisotopic (exact) mass is 438 g/mol. The van der Waals surface area contributed by atoms with Gasteiger partial charge in [0.15, 0.2) is 6.10 Å². The van der Waals surface area contributed by atoms with Crippen LogP contribution in [0.1, 0.15) is 12.5 Å². The highest BCUT2D eigenvalue weighted by atomic mass is 32.2. The third-order valence-corrected chi connectivity index (χ3v) is 5.47. The molecule has 3 aromatic carbocycles. The number of benzene rings is 3. The number of anilines is 1. The maximum Gasteiger partial charge on any atom is 0.311 e. The van der Waals surface area contributed by atoms with E-state index in [1.807, 2.05) is 54.6 Å². The van der Waals surface area contributed by atoms with Crippen molar-refractivity contribution in [3.05, 3.63) is 84.4 Å². The Balaban J connectivity index is 1.53. The Morgan fingerprint density at radius 3 is 2.06 bits per heavy atom. The second kappa shape index (κ2) is 9.55. The first-order valence-electron chi connectivity index (χ1n) is 9.50. The lowest BCUT2D eigenvalue weighted by Gasteiger charge is -2.14. The summed E-state index contributed by atoms with van der Waals surface area (Å²) in [4.78, 5) is 24.4. The van der Waals surface area contributed by atoms with Gasteiger partial charge in [0.25, 0.3) is 5.91 Å². The van der Waals surface area contributed by atoms with E-state index in [0.717, 1.165) is 16.7 Å². The fraction of sp³-hybridized carbons (Fsp3) is 0.130. The molecule has 0 saturated carbocycles. The number of ether oxygens (including phenoxy) is 1. The molecule has 0 bridgehead atoms. The van der Waals surface area contributed by atoms with Crippen LogP contribution in [-0.2, 0) is 30.8 Å². The van der Waals surface area contributed by atoms with Crippen molar-refractivity contribution in [1.82, 2.24) is 0 Å². The predicted molar refractivity (Wildman–Crippen MR) is 118 cm³/mol. The average molecular weight is 439 g/mol. The topological polar surface area (TPSA) is 116 Å². The number of nitrogens with two attached hydrogens (primary N) is 1. The number of esters is 1. The molecule has 160 valence electrons. The second-order valence-electron chi connectivity index (χ2n) is 6.93. The van der Waals surface area contributed by atoms with Crippen molar-refractivity contribution in [3.8, 4) is 11.1 Å². The van der Waals surface area contributed by atoms with Crippen LogP contribution in [0, 0.1) is 0 Å². The van der Waals surface area contributed by atoms with Crippen LogP contribution in [0.3, 0.4) is 0 Å². The molecule has 0 aliphatic rings. The van der Waals surface area contributed by atoms with E-state index in [1.165, 1.54) is 31.2 Å². The lowest BCUT2D eigenvalue weighted by molar-refractivity contribution is -0.152. The van der Waals surface area contributed by atoms with E-state index < -0.39 is 28.0 Å². The van der Waals surface area contributed by atoms with E-state index >= 15 is 0 Å². The first-order valence-corrected chi connectivity index (χ1v) is 11.0. The minimum Gasteiger partial charge on any atom is -0.452 e. The Hall–Kier alpha value is -3.49. The van der Waals surface area contributed by atoms with E-state index in [1.54, 1.807) is 0 Å². The molecular weight excluding hydrogens is 416 g/mol. The van der Waals surface area contributed by atoms with Crippen molar-refractivity contribution in [3.63, 3.8) is 0 Å². The summed E-state index contributed by atoms with van der Waals surface area (Å²) in [7, 11) is -3.81. The maximum atomic E-state index is 12.3. The molecule has 7 nitrogen and oxygen atoms in total. The van der Waals surface area contributed by atoms with Gasteiger partial charge < -0.3 is 10.1 Å². The molecule has 3 rings (SSSR count). The van der Waals surface area contributed by atoms with Crippen molar-refractivity contribution in [2.75, 3.05) is 5.32 Å². The molecular formula is C23H22N2O5S. The fourth-order valence-electron chi connectivity index (χ4n) is 2.88. The Morgan fingerprint density at radius 2 is 1.48 bits per heavy atom. The highest BCUT2D eigenvalue weighted by Gasteiger charge is 2.18. The van der Waals surface area contributed by atoms with E-state index in [4.69, 9.17) is 9.88 Å². The molecule has 0 aliphatic heterocycles. The number of carbonyl (C=O) groups excluding carboxylic acids is 2. The number of amides is 1. The van der Waals surface area contributed by atoms with Crippen molar-refractivity contribution in [2.45, 2.75) is 24.3 Å². The molecule has 1 unspecified atom stereocenters. The van der Waals surface area contributed by atoms with Gasteiger partial charge in [-0.3, -0.25) is 9.59 Å². The molecule has 0 aliphatic carbocycles. The zero-order chi connectivity index (χ0) is 22.4. The molecule has 3 aromatic rings. The number of rotatable bonds is 7. The van der Waals surface area contributed by atoms with Crippen LogP contribution < -0.4 is 10.5 Å². The lowest BCUT2D eigenvalue weighted by Crippen LogP contribution is -2.30. The Bertz CT molecular complexity index is 1160. The molecule has 0 radical (unpaired) electrons. The van der Waals surface area contributed by atoms with Gasteiger partial charge in [-0.25, -0.2) is 13.6 Å². The molecule has 0 fully saturated rings. The summed E-state index contributed by atoms with van der Waals surface area (Å²) in [5.41, 5.74) is 3.26. The minimum absolute atomic E-state index is 0.0374. The van der Waals surface area contributed by atoms with Gasteiger partial charge >= 0.3 is 5.97 Å².